The van der Waals surface area contributed by atoms with Crippen LogP contribution < -0.4 is 4.74 Å². The highest BCUT2D eigenvalue weighted by Gasteiger charge is 2.29. The van der Waals surface area contributed by atoms with Gasteiger partial charge in [0.15, 0.2) is 0 Å². The van der Waals surface area contributed by atoms with E-state index in [0.29, 0.717) is 24.1 Å². The number of aromatic amines is 1. The van der Waals surface area contributed by atoms with Crippen LogP contribution in [0, 0.1) is 10.1 Å². The second-order valence-electron chi connectivity index (χ2n) is 7.31. The van der Waals surface area contributed by atoms with Crippen LogP contribution in [0.15, 0.2) is 18.2 Å². The SMILES string of the molecule is CC(C)(C)OC(=O)N1CCC[C@H](Oc2nc3ccc([N+](=O)[O-])cc3[nH]2)C1. The monoisotopic (exact) mass is 362 g/mol. The van der Waals surface area contributed by atoms with Crippen molar-refractivity contribution in [3.8, 4) is 6.01 Å². The smallest absolute Gasteiger partial charge is 0.410 e. The number of ether oxygens (including phenoxy) is 2. The lowest BCUT2D eigenvalue weighted by atomic mass is 10.1. The van der Waals surface area contributed by atoms with Gasteiger partial charge in [0.05, 0.1) is 22.5 Å². The molecule has 1 atom stereocenters. The molecule has 3 rings (SSSR count). The van der Waals surface area contributed by atoms with Crippen LogP contribution in [0.1, 0.15) is 33.6 Å². The normalized spacial score (nSPS) is 18.0. The first-order chi connectivity index (χ1) is 12.2. The summed E-state index contributed by atoms with van der Waals surface area (Å²) in [7, 11) is 0. The van der Waals surface area contributed by atoms with Crippen LogP contribution in [-0.2, 0) is 4.74 Å². The Labute approximate surface area is 150 Å². The summed E-state index contributed by atoms with van der Waals surface area (Å²) in [4.78, 5) is 31.5. The van der Waals surface area contributed by atoms with Gasteiger partial charge in [0.25, 0.3) is 11.7 Å². The Morgan fingerprint density at radius 2 is 2.19 bits per heavy atom. The van der Waals surface area contributed by atoms with Crippen LogP contribution in [0.25, 0.3) is 11.0 Å². The molecule has 0 radical (unpaired) electrons. The Morgan fingerprint density at radius 1 is 1.42 bits per heavy atom. The Bertz CT molecular complexity index is 826. The number of hydrogen-bond donors (Lipinski definition) is 1. The molecular weight excluding hydrogens is 340 g/mol. The average Bonchev–Trinajstić information content (AvgIpc) is 2.94. The van der Waals surface area contributed by atoms with Crippen molar-refractivity contribution in [1.29, 1.82) is 0 Å². The van der Waals surface area contributed by atoms with Crippen molar-refractivity contribution in [2.75, 3.05) is 13.1 Å². The van der Waals surface area contributed by atoms with Crippen LogP contribution in [-0.4, -0.2) is 50.7 Å². The van der Waals surface area contributed by atoms with E-state index in [1.165, 1.54) is 12.1 Å². The van der Waals surface area contributed by atoms with Crippen LogP contribution in [0.2, 0.25) is 0 Å². The van der Waals surface area contributed by atoms with Gasteiger partial charge in [-0.25, -0.2) is 4.79 Å². The van der Waals surface area contributed by atoms with Crippen LogP contribution in [0.3, 0.4) is 0 Å². The summed E-state index contributed by atoms with van der Waals surface area (Å²) in [6.07, 6.45) is 1.02. The Morgan fingerprint density at radius 3 is 2.88 bits per heavy atom. The summed E-state index contributed by atoms with van der Waals surface area (Å²) in [6.45, 7) is 6.52. The standard InChI is InChI=1S/C17H22N4O5/c1-17(2,3)26-16(22)20-8-4-5-12(10-20)25-15-18-13-7-6-11(21(23)24)9-14(13)19-15/h6-7,9,12H,4-5,8,10H2,1-3H3,(H,18,19)/t12-/m0/s1. The van der Waals surface area contributed by atoms with Crippen molar-refractivity contribution in [3.05, 3.63) is 28.3 Å². The molecule has 1 aliphatic heterocycles. The zero-order valence-corrected chi connectivity index (χ0v) is 15.0. The maximum atomic E-state index is 12.2. The molecule has 9 nitrogen and oxygen atoms in total. The van der Waals surface area contributed by atoms with Crippen molar-refractivity contribution < 1.29 is 19.2 Å². The van der Waals surface area contributed by atoms with Gasteiger partial charge >= 0.3 is 6.09 Å². The fourth-order valence-electron chi connectivity index (χ4n) is 2.83. The fourth-order valence-corrected chi connectivity index (χ4v) is 2.83. The predicted molar refractivity (Wildman–Crippen MR) is 94.2 cm³/mol. The van der Waals surface area contributed by atoms with Gasteiger partial charge in [-0.15, -0.1) is 0 Å². The van der Waals surface area contributed by atoms with Crippen LogP contribution in [0.4, 0.5) is 10.5 Å². The maximum Gasteiger partial charge on any atom is 0.410 e. The second-order valence-corrected chi connectivity index (χ2v) is 7.31. The topological polar surface area (TPSA) is 111 Å². The first-order valence-electron chi connectivity index (χ1n) is 8.50. The number of rotatable bonds is 3. The predicted octanol–water partition coefficient (Wildman–Crippen LogP) is 3.25. The molecule has 1 aromatic carbocycles. The number of piperidine rings is 1. The summed E-state index contributed by atoms with van der Waals surface area (Å²) in [6, 6.07) is 4.68. The number of nitrogens with one attached hydrogen (secondary N) is 1. The molecule has 0 bridgehead atoms. The number of amides is 1. The van der Waals surface area contributed by atoms with Gasteiger partial charge in [0.2, 0.25) is 0 Å². The lowest BCUT2D eigenvalue weighted by Gasteiger charge is -2.33. The van der Waals surface area contributed by atoms with Gasteiger partial charge in [0, 0.05) is 18.7 Å². The molecule has 26 heavy (non-hydrogen) atoms. The maximum absolute atomic E-state index is 12.2. The Hall–Kier alpha value is -2.84. The summed E-state index contributed by atoms with van der Waals surface area (Å²) < 4.78 is 11.3. The average molecular weight is 362 g/mol. The largest absolute Gasteiger partial charge is 0.460 e. The number of fused-ring (bicyclic) bond motifs is 1. The van der Waals surface area contributed by atoms with Crippen LogP contribution in [0.5, 0.6) is 6.01 Å². The molecule has 0 unspecified atom stereocenters. The van der Waals surface area contributed by atoms with Gasteiger partial charge in [-0.05, 0) is 39.7 Å². The summed E-state index contributed by atoms with van der Waals surface area (Å²) in [5.41, 5.74) is 0.569. The molecule has 1 aromatic heterocycles. The van der Waals surface area contributed by atoms with Gasteiger partial charge in [0.1, 0.15) is 11.7 Å². The molecule has 1 aliphatic rings. The zero-order chi connectivity index (χ0) is 18.9. The summed E-state index contributed by atoms with van der Waals surface area (Å²) in [5, 5.41) is 10.9. The summed E-state index contributed by atoms with van der Waals surface area (Å²) >= 11 is 0. The minimum Gasteiger partial charge on any atom is -0.460 e. The number of likely N-dealkylation sites (tertiary alicyclic amines) is 1. The summed E-state index contributed by atoms with van der Waals surface area (Å²) in [5.74, 6) is 0. The molecule has 1 N–H and O–H groups in total. The molecule has 2 heterocycles. The highest BCUT2D eigenvalue weighted by molar-refractivity contribution is 5.78. The fraction of sp³-hybridized carbons (Fsp3) is 0.529. The van der Waals surface area contributed by atoms with Gasteiger partial charge in [-0.2, -0.15) is 4.98 Å². The highest BCUT2D eigenvalue weighted by atomic mass is 16.6. The Kier molecular flexibility index (Phi) is 4.71. The molecule has 0 spiro atoms. The van der Waals surface area contributed by atoms with Gasteiger partial charge in [-0.3, -0.25) is 10.1 Å². The molecule has 1 saturated heterocycles. The minimum atomic E-state index is -0.543. The number of nitrogens with zero attached hydrogens (tertiary/aromatic N) is 3. The molecule has 140 valence electrons. The lowest BCUT2D eigenvalue weighted by Crippen LogP contribution is -2.46. The second kappa shape index (κ2) is 6.81. The van der Waals surface area contributed by atoms with Gasteiger partial charge < -0.3 is 19.4 Å². The molecule has 1 fully saturated rings. The highest BCUT2D eigenvalue weighted by Crippen LogP contribution is 2.24. The number of non-ortho nitro benzene ring substituents is 1. The third kappa shape index (κ3) is 4.22. The van der Waals surface area contributed by atoms with Crippen molar-refractivity contribution in [3.63, 3.8) is 0 Å². The van der Waals surface area contributed by atoms with E-state index in [0.717, 1.165) is 12.8 Å². The Balaban J connectivity index is 1.67. The van der Waals surface area contributed by atoms with E-state index in [2.05, 4.69) is 9.97 Å². The third-order valence-electron chi connectivity index (χ3n) is 3.96. The van der Waals surface area contributed by atoms with E-state index in [4.69, 9.17) is 9.47 Å². The molecule has 9 heteroatoms. The van der Waals surface area contributed by atoms with E-state index in [9.17, 15) is 14.9 Å². The van der Waals surface area contributed by atoms with Crippen molar-refractivity contribution in [1.82, 2.24) is 14.9 Å². The zero-order valence-electron chi connectivity index (χ0n) is 15.0. The number of H-pyrrole nitrogens is 1. The van der Waals surface area contributed by atoms with Crippen molar-refractivity contribution >= 4 is 22.8 Å². The number of imidazole rings is 1. The van der Waals surface area contributed by atoms with E-state index >= 15 is 0 Å². The van der Waals surface area contributed by atoms with E-state index in [1.807, 2.05) is 20.8 Å². The third-order valence-corrected chi connectivity index (χ3v) is 3.96. The minimum absolute atomic E-state index is 0.0125. The lowest BCUT2D eigenvalue weighted by molar-refractivity contribution is -0.384. The van der Waals surface area contributed by atoms with Gasteiger partial charge in [-0.1, -0.05) is 0 Å². The number of aromatic nitrogens is 2. The van der Waals surface area contributed by atoms with E-state index < -0.39 is 10.5 Å². The number of carbonyl (C=O) groups excluding carboxylic acids is 1. The molecular formula is C17H22N4O5. The quantitative estimate of drug-likeness (QED) is 0.663. The van der Waals surface area contributed by atoms with Crippen LogP contribution >= 0.6 is 0 Å². The number of nitro groups is 1. The van der Waals surface area contributed by atoms with E-state index in [-0.39, 0.29) is 23.9 Å². The molecule has 0 aliphatic carbocycles. The number of carbonyl (C=O) groups is 1. The molecule has 2 aromatic rings. The van der Waals surface area contributed by atoms with Crippen molar-refractivity contribution in [2.24, 2.45) is 0 Å². The number of hydrogen-bond acceptors (Lipinski definition) is 6. The first kappa shape index (κ1) is 18.0. The number of benzene rings is 1. The molecule has 1 amide bonds. The van der Waals surface area contributed by atoms with E-state index in [1.54, 1.807) is 11.0 Å². The number of nitro benzene ring substituents is 1. The molecule has 0 saturated carbocycles. The first-order valence-corrected chi connectivity index (χ1v) is 8.50. The van der Waals surface area contributed by atoms with Crippen molar-refractivity contribution in [2.45, 2.75) is 45.3 Å².